The highest BCUT2D eigenvalue weighted by atomic mass is 32.2. The van der Waals surface area contributed by atoms with Crippen molar-refractivity contribution < 1.29 is 18.0 Å². The first-order chi connectivity index (χ1) is 15.8. The van der Waals surface area contributed by atoms with E-state index in [-0.39, 0.29) is 27.9 Å². The zero-order valence-electron chi connectivity index (χ0n) is 18.9. The maximum Gasteiger partial charge on any atom is 0.243 e. The summed E-state index contributed by atoms with van der Waals surface area (Å²) in [6.45, 7) is 5.57. The third-order valence-electron chi connectivity index (χ3n) is 6.23. The molecule has 0 aromatic heterocycles. The number of fused-ring (bicyclic) bond motifs is 1. The minimum absolute atomic E-state index is 0.0843. The average Bonchev–Trinajstić information content (AvgIpc) is 2.83. The van der Waals surface area contributed by atoms with E-state index < -0.39 is 10.0 Å². The zero-order chi connectivity index (χ0) is 23.6. The number of carbonyl (C=O) groups excluding carboxylic acids is 2. The van der Waals surface area contributed by atoms with Gasteiger partial charge in [-0.3, -0.25) is 9.59 Å². The molecule has 2 aromatic rings. The van der Waals surface area contributed by atoms with Crippen LogP contribution in [0.3, 0.4) is 0 Å². The number of nitrogens with one attached hydrogen (secondary N) is 1. The SMILES string of the molecule is CCN(Cc1ccccc1)C(=O)C1CCN(S(=O)(=O)c2ccc3c(c2)NC(=O)[C@@H](C)S3)CC1. The Morgan fingerprint density at radius 3 is 2.52 bits per heavy atom. The van der Waals surface area contributed by atoms with Crippen LogP contribution in [0, 0.1) is 5.92 Å². The summed E-state index contributed by atoms with van der Waals surface area (Å²) in [5.41, 5.74) is 1.62. The van der Waals surface area contributed by atoms with Crippen molar-refractivity contribution in [1.82, 2.24) is 9.21 Å². The number of nitrogens with zero attached hydrogens (tertiary/aromatic N) is 2. The molecule has 0 radical (unpaired) electrons. The van der Waals surface area contributed by atoms with Crippen molar-refractivity contribution in [1.29, 1.82) is 0 Å². The summed E-state index contributed by atoms with van der Waals surface area (Å²) in [6, 6.07) is 14.8. The van der Waals surface area contributed by atoms with Crippen molar-refractivity contribution in [3.8, 4) is 0 Å². The van der Waals surface area contributed by atoms with Crippen LogP contribution in [0.2, 0.25) is 0 Å². The predicted octanol–water partition coefficient (Wildman–Crippen LogP) is 3.57. The Bertz CT molecular complexity index is 1130. The minimum Gasteiger partial charge on any atom is -0.338 e. The van der Waals surface area contributed by atoms with Gasteiger partial charge >= 0.3 is 0 Å². The molecule has 176 valence electrons. The van der Waals surface area contributed by atoms with Gasteiger partial charge in [0.15, 0.2) is 0 Å². The predicted molar refractivity (Wildman–Crippen MR) is 129 cm³/mol. The lowest BCUT2D eigenvalue weighted by atomic mass is 9.96. The van der Waals surface area contributed by atoms with Gasteiger partial charge in [-0.05, 0) is 50.5 Å². The third-order valence-corrected chi connectivity index (χ3v) is 9.30. The Kier molecular flexibility index (Phi) is 7.11. The van der Waals surface area contributed by atoms with Gasteiger partial charge < -0.3 is 10.2 Å². The van der Waals surface area contributed by atoms with E-state index >= 15 is 0 Å². The highest BCUT2D eigenvalue weighted by molar-refractivity contribution is 8.01. The fraction of sp³-hybridized carbons (Fsp3) is 0.417. The molecule has 9 heteroatoms. The average molecular weight is 488 g/mol. The molecule has 1 atom stereocenters. The molecule has 33 heavy (non-hydrogen) atoms. The molecule has 4 rings (SSSR count). The fourth-order valence-electron chi connectivity index (χ4n) is 4.25. The zero-order valence-corrected chi connectivity index (χ0v) is 20.5. The molecule has 2 aliphatic heterocycles. The Morgan fingerprint density at radius 2 is 1.85 bits per heavy atom. The lowest BCUT2D eigenvalue weighted by Crippen LogP contribution is -2.44. The molecule has 0 aliphatic carbocycles. The van der Waals surface area contributed by atoms with Crippen molar-refractivity contribution in [2.45, 2.75) is 48.3 Å². The van der Waals surface area contributed by atoms with Gasteiger partial charge in [0, 0.05) is 37.0 Å². The van der Waals surface area contributed by atoms with E-state index in [0.29, 0.717) is 44.7 Å². The smallest absolute Gasteiger partial charge is 0.243 e. The molecule has 0 saturated carbocycles. The monoisotopic (exact) mass is 487 g/mol. The number of carbonyl (C=O) groups is 2. The summed E-state index contributed by atoms with van der Waals surface area (Å²) in [5.74, 6) is -0.223. The van der Waals surface area contributed by atoms with Crippen LogP contribution in [0.25, 0.3) is 0 Å². The number of thioether (sulfide) groups is 1. The van der Waals surface area contributed by atoms with Crippen LogP contribution in [-0.4, -0.2) is 54.3 Å². The first-order valence-electron chi connectivity index (χ1n) is 11.2. The second kappa shape index (κ2) is 9.87. The maximum absolute atomic E-state index is 13.2. The number of hydrogen-bond acceptors (Lipinski definition) is 5. The van der Waals surface area contributed by atoms with Crippen LogP contribution >= 0.6 is 11.8 Å². The second-order valence-electron chi connectivity index (χ2n) is 8.42. The third kappa shape index (κ3) is 5.10. The molecule has 2 heterocycles. The van der Waals surface area contributed by atoms with Gasteiger partial charge in [0.05, 0.1) is 15.8 Å². The van der Waals surface area contributed by atoms with Crippen molar-refractivity contribution in [2.24, 2.45) is 5.92 Å². The largest absolute Gasteiger partial charge is 0.338 e. The number of sulfonamides is 1. The molecule has 0 spiro atoms. The lowest BCUT2D eigenvalue weighted by molar-refractivity contribution is -0.137. The number of hydrogen-bond donors (Lipinski definition) is 1. The molecule has 1 saturated heterocycles. The molecule has 0 unspecified atom stereocenters. The van der Waals surface area contributed by atoms with Crippen molar-refractivity contribution in [3.05, 3.63) is 54.1 Å². The van der Waals surface area contributed by atoms with Crippen LogP contribution in [0.5, 0.6) is 0 Å². The van der Waals surface area contributed by atoms with Crippen LogP contribution in [0.4, 0.5) is 5.69 Å². The van der Waals surface area contributed by atoms with Crippen LogP contribution in [-0.2, 0) is 26.2 Å². The molecule has 0 bridgehead atoms. The Morgan fingerprint density at radius 1 is 1.15 bits per heavy atom. The maximum atomic E-state index is 13.2. The summed E-state index contributed by atoms with van der Waals surface area (Å²) in [7, 11) is -3.70. The van der Waals surface area contributed by atoms with Gasteiger partial charge in [-0.15, -0.1) is 11.8 Å². The molecule has 2 aliphatic rings. The number of amides is 2. The molecular formula is C24H29N3O4S2. The Balaban J connectivity index is 1.41. The normalized spacial score (nSPS) is 19.6. The Hall–Kier alpha value is -2.36. The van der Waals surface area contributed by atoms with Crippen LogP contribution in [0.1, 0.15) is 32.3 Å². The van der Waals surface area contributed by atoms with Gasteiger partial charge in [0.25, 0.3) is 0 Å². The summed E-state index contributed by atoms with van der Waals surface area (Å²) in [5, 5.41) is 2.59. The van der Waals surface area contributed by atoms with E-state index in [1.54, 1.807) is 12.1 Å². The second-order valence-corrected chi connectivity index (χ2v) is 11.7. The minimum atomic E-state index is -3.70. The van der Waals surface area contributed by atoms with Gasteiger partial charge in [-0.25, -0.2) is 8.42 Å². The van der Waals surface area contributed by atoms with E-state index in [2.05, 4.69) is 5.32 Å². The summed E-state index contributed by atoms with van der Waals surface area (Å²) in [4.78, 5) is 28.0. The van der Waals surface area contributed by atoms with Gasteiger partial charge in [-0.2, -0.15) is 4.31 Å². The number of benzene rings is 2. The summed E-state index contributed by atoms with van der Waals surface area (Å²) in [6.07, 6.45) is 0.997. The number of anilines is 1. The molecule has 1 fully saturated rings. The standard InChI is InChI=1S/C24H29N3O4S2/c1-3-26(16-18-7-5-4-6-8-18)24(29)19-11-13-27(14-12-19)33(30,31)20-9-10-22-21(15-20)25-23(28)17(2)32-22/h4-10,15,17,19H,3,11-14,16H2,1-2H3,(H,25,28)/t17-/m1/s1. The van der Waals surface area contributed by atoms with E-state index in [4.69, 9.17) is 0 Å². The van der Waals surface area contributed by atoms with Crippen LogP contribution in [0.15, 0.2) is 58.3 Å². The number of rotatable bonds is 6. The molecule has 2 amide bonds. The first-order valence-corrected chi connectivity index (χ1v) is 13.6. The van der Waals surface area contributed by atoms with E-state index in [1.807, 2.05) is 49.1 Å². The number of piperidine rings is 1. The van der Waals surface area contributed by atoms with Crippen molar-refractivity contribution in [2.75, 3.05) is 25.0 Å². The molecule has 7 nitrogen and oxygen atoms in total. The molecule has 1 N–H and O–H groups in total. The van der Waals surface area contributed by atoms with E-state index in [1.165, 1.54) is 22.1 Å². The topological polar surface area (TPSA) is 86.8 Å². The summed E-state index contributed by atoms with van der Waals surface area (Å²) >= 11 is 1.42. The first kappa shape index (κ1) is 23.8. The van der Waals surface area contributed by atoms with Crippen LogP contribution < -0.4 is 5.32 Å². The quantitative estimate of drug-likeness (QED) is 0.673. The highest BCUT2D eigenvalue weighted by Crippen LogP contribution is 2.37. The van der Waals surface area contributed by atoms with E-state index in [0.717, 1.165) is 10.5 Å². The van der Waals surface area contributed by atoms with Crippen molar-refractivity contribution >= 4 is 39.3 Å². The van der Waals surface area contributed by atoms with Gasteiger partial charge in [-0.1, -0.05) is 30.3 Å². The fourth-order valence-corrected chi connectivity index (χ4v) is 6.67. The Labute approximate surface area is 199 Å². The van der Waals surface area contributed by atoms with Gasteiger partial charge in [0.2, 0.25) is 21.8 Å². The highest BCUT2D eigenvalue weighted by Gasteiger charge is 2.34. The lowest BCUT2D eigenvalue weighted by Gasteiger charge is -2.33. The van der Waals surface area contributed by atoms with Gasteiger partial charge in [0.1, 0.15) is 0 Å². The van der Waals surface area contributed by atoms with E-state index in [9.17, 15) is 18.0 Å². The summed E-state index contributed by atoms with van der Waals surface area (Å²) < 4.78 is 27.9. The molecular weight excluding hydrogens is 458 g/mol. The molecule has 2 aromatic carbocycles. The van der Waals surface area contributed by atoms with Crippen molar-refractivity contribution in [3.63, 3.8) is 0 Å².